The minimum absolute atomic E-state index is 0.0122. The van der Waals surface area contributed by atoms with Gasteiger partial charge in [0.2, 0.25) is 5.95 Å². The number of alkyl halides is 2. The Kier molecular flexibility index (Phi) is 7.34. The highest BCUT2D eigenvalue weighted by Crippen LogP contribution is 2.30. The van der Waals surface area contributed by atoms with Crippen LogP contribution in [-0.4, -0.2) is 93.1 Å². The molecule has 1 amide bonds. The second kappa shape index (κ2) is 10.6. The van der Waals surface area contributed by atoms with Crippen molar-refractivity contribution in [1.29, 1.82) is 0 Å². The zero-order valence-electron chi connectivity index (χ0n) is 22.5. The number of halogens is 2. The summed E-state index contributed by atoms with van der Waals surface area (Å²) in [6.07, 6.45) is 2.97. The summed E-state index contributed by atoms with van der Waals surface area (Å²) in [5, 5.41) is 17.3. The molecule has 0 radical (unpaired) electrons. The molecule has 2 aliphatic heterocycles. The summed E-state index contributed by atoms with van der Waals surface area (Å²) in [5.41, 5.74) is -0.621. The van der Waals surface area contributed by atoms with Crippen LogP contribution < -0.4 is 15.5 Å². The Hall–Kier alpha value is -3.51. The number of pyridine rings is 2. The fourth-order valence-electron chi connectivity index (χ4n) is 5.20. The molecule has 0 aromatic carbocycles. The van der Waals surface area contributed by atoms with Crippen LogP contribution in [0.4, 0.5) is 26.4 Å². The lowest BCUT2D eigenvalue weighted by Gasteiger charge is -2.38. The summed E-state index contributed by atoms with van der Waals surface area (Å²) in [4.78, 5) is 34.4. The SMILES string of the molecule is CC(C)c1cnc(C(=O)N[C@H]2CN(C)C[C@H]2F)c2cnc(Nc3ccnc(N4CC[C@@H](O)[C@@](C)(F)C4)n3)cc12. The van der Waals surface area contributed by atoms with E-state index in [9.17, 15) is 18.7 Å². The van der Waals surface area contributed by atoms with Gasteiger partial charge >= 0.3 is 0 Å². The Balaban J connectivity index is 1.41. The molecule has 0 spiro atoms. The molecule has 39 heavy (non-hydrogen) atoms. The largest absolute Gasteiger partial charge is 0.390 e. The van der Waals surface area contributed by atoms with E-state index in [1.807, 2.05) is 31.9 Å². The first-order valence-electron chi connectivity index (χ1n) is 13.2. The van der Waals surface area contributed by atoms with Crippen LogP contribution in [0, 0.1) is 0 Å². The standard InChI is InChI=1S/C27H34F2N8O2/c1-15(2)17-10-32-24(25(39)33-20-13-36(4)12-19(20)28)18-11-31-23(9-16(17)18)34-22-5-7-30-26(35-22)37-8-6-21(38)27(3,29)14-37/h5,7,9-11,15,19-21,38H,6,8,12-14H2,1-4H3,(H,33,39)(H,30,31,34,35)/t19-,20+,21-,27+/m1/s1. The van der Waals surface area contributed by atoms with E-state index in [0.29, 0.717) is 36.1 Å². The molecular weight excluding hydrogens is 506 g/mol. The number of nitrogens with one attached hydrogen (secondary N) is 2. The van der Waals surface area contributed by atoms with Crippen LogP contribution in [0.25, 0.3) is 10.8 Å². The second-order valence-electron chi connectivity index (χ2n) is 11.0. The van der Waals surface area contributed by atoms with Crippen molar-refractivity contribution in [2.75, 3.05) is 43.4 Å². The maximum atomic E-state index is 14.7. The quantitative estimate of drug-likeness (QED) is 0.434. The summed E-state index contributed by atoms with van der Waals surface area (Å²) in [7, 11) is 1.82. The van der Waals surface area contributed by atoms with Crippen LogP contribution in [0.2, 0.25) is 0 Å². The molecular formula is C27H34F2N8O2. The molecule has 4 atom stereocenters. The van der Waals surface area contributed by atoms with Crippen molar-refractivity contribution in [3.05, 3.63) is 42.0 Å². The van der Waals surface area contributed by atoms with Gasteiger partial charge in [0.15, 0.2) is 5.67 Å². The molecule has 3 N–H and O–H groups in total. The summed E-state index contributed by atoms with van der Waals surface area (Å²) < 4.78 is 29.0. The van der Waals surface area contributed by atoms with Gasteiger partial charge in [0.25, 0.3) is 5.91 Å². The van der Waals surface area contributed by atoms with Crippen LogP contribution in [0.5, 0.6) is 0 Å². The first kappa shape index (κ1) is 27.1. The van der Waals surface area contributed by atoms with E-state index in [4.69, 9.17) is 0 Å². The van der Waals surface area contributed by atoms with E-state index >= 15 is 0 Å². The number of piperidine rings is 1. The smallest absolute Gasteiger partial charge is 0.270 e. The molecule has 5 rings (SSSR count). The highest BCUT2D eigenvalue weighted by Gasteiger charge is 2.40. The predicted octanol–water partition coefficient (Wildman–Crippen LogP) is 2.97. The van der Waals surface area contributed by atoms with Crippen LogP contribution in [0.15, 0.2) is 30.7 Å². The molecule has 0 bridgehead atoms. The number of aliphatic hydroxyl groups is 1. The van der Waals surface area contributed by atoms with E-state index in [1.165, 1.54) is 6.92 Å². The van der Waals surface area contributed by atoms with E-state index < -0.39 is 29.9 Å². The maximum absolute atomic E-state index is 14.7. The Bertz CT molecular complexity index is 1370. The Labute approximate surface area is 225 Å². The number of hydrogen-bond donors (Lipinski definition) is 3. The topological polar surface area (TPSA) is 119 Å². The number of aromatic nitrogens is 4. The molecule has 0 unspecified atom stereocenters. The molecule has 2 aliphatic rings. The van der Waals surface area contributed by atoms with Crippen LogP contribution in [0.1, 0.15) is 49.2 Å². The van der Waals surface area contributed by atoms with Gasteiger partial charge in [-0.1, -0.05) is 13.8 Å². The number of anilines is 3. The number of nitrogens with zero attached hydrogens (tertiary/aromatic N) is 6. The highest BCUT2D eigenvalue weighted by atomic mass is 19.1. The number of amides is 1. The Morgan fingerprint density at radius 3 is 2.67 bits per heavy atom. The molecule has 0 aliphatic carbocycles. The van der Waals surface area contributed by atoms with Gasteiger partial charge in [0.1, 0.15) is 23.5 Å². The number of hydrogen-bond acceptors (Lipinski definition) is 9. The zero-order valence-corrected chi connectivity index (χ0v) is 22.5. The van der Waals surface area contributed by atoms with Crippen molar-refractivity contribution in [3.8, 4) is 0 Å². The third-order valence-electron chi connectivity index (χ3n) is 7.44. The van der Waals surface area contributed by atoms with Gasteiger partial charge in [-0.05, 0) is 49.4 Å². The summed E-state index contributed by atoms with van der Waals surface area (Å²) in [6, 6.07) is 2.93. The monoisotopic (exact) mass is 540 g/mol. The fraction of sp³-hybridized carbons (Fsp3) is 0.519. The molecule has 12 heteroatoms. The Morgan fingerprint density at radius 1 is 1.18 bits per heavy atom. The fourth-order valence-corrected chi connectivity index (χ4v) is 5.20. The molecule has 2 saturated heterocycles. The molecule has 3 aromatic rings. The van der Waals surface area contributed by atoms with Crippen molar-refractivity contribution in [3.63, 3.8) is 0 Å². The van der Waals surface area contributed by atoms with Gasteiger partial charge in [0.05, 0.1) is 18.7 Å². The van der Waals surface area contributed by atoms with Crippen molar-refractivity contribution < 1.29 is 18.7 Å². The molecule has 208 valence electrons. The number of likely N-dealkylation sites (N-methyl/N-ethyl adjacent to an activating group) is 1. The lowest BCUT2D eigenvalue weighted by molar-refractivity contribution is -0.00860. The first-order valence-corrected chi connectivity index (χ1v) is 13.2. The van der Waals surface area contributed by atoms with Gasteiger partial charge in [-0.2, -0.15) is 4.98 Å². The third kappa shape index (κ3) is 5.62. The number of likely N-dealkylation sites (tertiary alicyclic amines) is 1. The molecule has 10 nitrogen and oxygen atoms in total. The lowest BCUT2D eigenvalue weighted by atomic mass is 9.94. The summed E-state index contributed by atoms with van der Waals surface area (Å²) in [5.74, 6) is 1.01. The molecule has 3 aromatic heterocycles. The number of rotatable bonds is 6. The molecule has 2 fully saturated rings. The first-order chi connectivity index (χ1) is 18.5. The molecule has 0 saturated carbocycles. The van der Waals surface area contributed by atoms with Crippen molar-refractivity contribution in [2.45, 2.75) is 57.1 Å². The van der Waals surface area contributed by atoms with Gasteiger partial charge in [-0.25, -0.2) is 18.7 Å². The average Bonchev–Trinajstić information content (AvgIpc) is 3.20. The van der Waals surface area contributed by atoms with E-state index in [-0.39, 0.29) is 31.1 Å². The average molecular weight is 541 g/mol. The lowest BCUT2D eigenvalue weighted by Crippen LogP contribution is -2.52. The normalized spacial score (nSPS) is 25.8. The van der Waals surface area contributed by atoms with E-state index in [0.717, 1.165) is 10.9 Å². The van der Waals surface area contributed by atoms with E-state index in [1.54, 1.807) is 29.6 Å². The van der Waals surface area contributed by atoms with Gasteiger partial charge < -0.3 is 25.5 Å². The van der Waals surface area contributed by atoms with Gasteiger partial charge in [-0.15, -0.1) is 0 Å². The minimum atomic E-state index is -1.75. The Morgan fingerprint density at radius 2 is 1.97 bits per heavy atom. The van der Waals surface area contributed by atoms with Crippen molar-refractivity contribution >= 4 is 34.3 Å². The van der Waals surface area contributed by atoms with Crippen LogP contribution in [-0.2, 0) is 0 Å². The van der Waals surface area contributed by atoms with Crippen LogP contribution in [0.3, 0.4) is 0 Å². The summed E-state index contributed by atoms with van der Waals surface area (Å²) in [6.45, 7) is 6.59. The van der Waals surface area contributed by atoms with Gasteiger partial charge in [0, 0.05) is 43.6 Å². The predicted molar refractivity (Wildman–Crippen MR) is 145 cm³/mol. The second-order valence-corrected chi connectivity index (χ2v) is 11.0. The van der Waals surface area contributed by atoms with Crippen molar-refractivity contribution in [2.24, 2.45) is 0 Å². The van der Waals surface area contributed by atoms with E-state index in [2.05, 4.69) is 30.6 Å². The summed E-state index contributed by atoms with van der Waals surface area (Å²) >= 11 is 0. The zero-order chi connectivity index (χ0) is 27.9. The maximum Gasteiger partial charge on any atom is 0.270 e. The number of carbonyl (C=O) groups is 1. The third-order valence-corrected chi connectivity index (χ3v) is 7.44. The minimum Gasteiger partial charge on any atom is -0.390 e. The highest BCUT2D eigenvalue weighted by molar-refractivity contribution is 6.06. The number of aliphatic hydroxyl groups excluding tert-OH is 1. The van der Waals surface area contributed by atoms with Crippen molar-refractivity contribution in [1.82, 2.24) is 30.2 Å². The van der Waals surface area contributed by atoms with Gasteiger partial charge in [-0.3, -0.25) is 9.78 Å². The number of carbonyl (C=O) groups excluding carboxylic acids is 1. The van der Waals surface area contributed by atoms with Crippen LogP contribution >= 0.6 is 0 Å². The molecule has 5 heterocycles. The number of fused-ring (bicyclic) bond motifs is 1.